The lowest BCUT2D eigenvalue weighted by Gasteiger charge is -2.00. The molecule has 0 nitrogen and oxygen atoms in total. The van der Waals surface area contributed by atoms with Gasteiger partial charge in [-0.3, -0.25) is 0 Å². The van der Waals surface area contributed by atoms with E-state index < -0.39 is 11.6 Å². The van der Waals surface area contributed by atoms with Crippen molar-refractivity contribution in [2.24, 2.45) is 0 Å². The standard InChI is InChI=1S/C20H16F2/c1-3-5-6-15-7-9-16(10-8-15)11-12-17-13-19(21)18(4-2)20(22)14-17/h2,7-10,13-14H,3,5-6H2,1H3. The summed E-state index contributed by atoms with van der Waals surface area (Å²) in [6, 6.07) is 10.2. The van der Waals surface area contributed by atoms with Crippen molar-refractivity contribution in [1.29, 1.82) is 0 Å². The van der Waals surface area contributed by atoms with Crippen LogP contribution in [0.25, 0.3) is 0 Å². The quantitative estimate of drug-likeness (QED) is 0.721. The van der Waals surface area contributed by atoms with Gasteiger partial charge in [-0.05, 0) is 42.7 Å². The van der Waals surface area contributed by atoms with E-state index in [1.54, 1.807) is 0 Å². The molecule has 2 aromatic rings. The van der Waals surface area contributed by atoms with Crippen LogP contribution in [0.2, 0.25) is 0 Å². The summed E-state index contributed by atoms with van der Waals surface area (Å²) in [5.41, 5.74) is 1.99. The number of terminal acetylenes is 1. The van der Waals surface area contributed by atoms with Crippen LogP contribution in [-0.2, 0) is 6.42 Å². The molecule has 0 spiro atoms. The fraction of sp³-hybridized carbons (Fsp3) is 0.200. The summed E-state index contributed by atoms with van der Waals surface area (Å²) in [5, 5.41) is 0. The summed E-state index contributed by atoms with van der Waals surface area (Å²) in [6.07, 6.45) is 8.42. The van der Waals surface area contributed by atoms with E-state index in [9.17, 15) is 8.78 Å². The highest BCUT2D eigenvalue weighted by Gasteiger charge is 2.07. The predicted octanol–water partition coefficient (Wildman–Crippen LogP) is 4.69. The third kappa shape index (κ3) is 3.96. The molecule has 0 fully saturated rings. The van der Waals surface area contributed by atoms with Crippen LogP contribution < -0.4 is 0 Å². The number of benzene rings is 2. The molecule has 0 heterocycles. The molecular weight excluding hydrogens is 278 g/mol. The maximum absolute atomic E-state index is 13.6. The molecule has 2 heteroatoms. The average Bonchev–Trinajstić information content (AvgIpc) is 2.51. The maximum Gasteiger partial charge on any atom is 0.143 e. The Morgan fingerprint density at radius 1 is 0.955 bits per heavy atom. The van der Waals surface area contributed by atoms with Crippen LogP contribution in [0.15, 0.2) is 36.4 Å². The van der Waals surface area contributed by atoms with E-state index in [-0.39, 0.29) is 11.1 Å². The molecule has 0 aliphatic carbocycles. The Morgan fingerprint density at radius 2 is 1.55 bits per heavy atom. The van der Waals surface area contributed by atoms with Crippen molar-refractivity contribution in [2.75, 3.05) is 0 Å². The molecule has 2 aromatic carbocycles. The second-order valence-electron chi connectivity index (χ2n) is 5.01. The lowest BCUT2D eigenvalue weighted by molar-refractivity contribution is 0.577. The van der Waals surface area contributed by atoms with Crippen molar-refractivity contribution in [2.45, 2.75) is 26.2 Å². The molecule has 0 amide bonds. The Kier molecular flexibility index (Phi) is 5.34. The lowest BCUT2D eigenvalue weighted by Crippen LogP contribution is -1.91. The topological polar surface area (TPSA) is 0 Å². The molecule has 0 bridgehead atoms. The van der Waals surface area contributed by atoms with Gasteiger partial charge in [-0.2, -0.15) is 0 Å². The molecule has 0 aliphatic rings. The number of unbranched alkanes of at least 4 members (excludes halogenated alkanes) is 1. The fourth-order valence-corrected chi connectivity index (χ4v) is 2.06. The van der Waals surface area contributed by atoms with Gasteiger partial charge in [0.05, 0.1) is 5.56 Å². The van der Waals surface area contributed by atoms with Gasteiger partial charge in [0.2, 0.25) is 0 Å². The third-order valence-electron chi connectivity index (χ3n) is 3.31. The van der Waals surface area contributed by atoms with Crippen molar-refractivity contribution in [3.8, 4) is 24.2 Å². The smallest absolute Gasteiger partial charge is 0.143 e. The molecule has 110 valence electrons. The minimum atomic E-state index is -0.762. The van der Waals surface area contributed by atoms with Crippen molar-refractivity contribution >= 4 is 0 Å². The van der Waals surface area contributed by atoms with Crippen LogP contribution in [0.3, 0.4) is 0 Å². The van der Waals surface area contributed by atoms with Gasteiger partial charge in [-0.1, -0.05) is 43.2 Å². The van der Waals surface area contributed by atoms with Crippen molar-refractivity contribution in [3.05, 3.63) is 70.3 Å². The molecule has 0 aromatic heterocycles. The van der Waals surface area contributed by atoms with Gasteiger partial charge in [-0.25, -0.2) is 8.78 Å². The van der Waals surface area contributed by atoms with Crippen LogP contribution in [0.4, 0.5) is 8.78 Å². The Morgan fingerprint density at radius 3 is 2.09 bits per heavy atom. The van der Waals surface area contributed by atoms with Gasteiger partial charge >= 0.3 is 0 Å². The molecule has 0 radical (unpaired) electrons. The van der Waals surface area contributed by atoms with Crippen molar-refractivity contribution in [3.63, 3.8) is 0 Å². The largest absolute Gasteiger partial charge is 0.205 e. The SMILES string of the molecule is C#Cc1c(F)cc(C#Cc2ccc(CCCC)cc2)cc1F. The molecule has 0 aliphatic heterocycles. The fourth-order valence-electron chi connectivity index (χ4n) is 2.06. The summed E-state index contributed by atoms with van der Waals surface area (Å²) < 4.78 is 27.1. The average molecular weight is 294 g/mol. The van der Waals surface area contributed by atoms with Crippen LogP contribution in [0.1, 0.15) is 42.0 Å². The monoisotopic (exact) mass is 294 g/mol. The summed E-state index contributed by atoms with van der Waals surface area (Å²) in [6.45, 7) is 2.16. The molecule has 0 saturated carbocycles. The summed E-state index contributed by atoms with van der Waals surface area (Å²) in [4.78, 5) is 0. The van der Waals surface area contributed by atoms with Gasteiger partial charge in [0.1, 0.15) is 11.6 Å². The predicted molar refractivity (Wildman–Crippen MR) is 85.3 cm³/mol. The Labute approximate surface area is 130 Å². The van der Waals surface area contributed by atoms with Crippen LogP contribution in [-0.4, -0.2) is 0 Å². The van der Waals surface area contributed by atoms with E-state index in [1.807, 2.05) is 30.2 Å². The molecular formula is C20H16F2. The second-order valence-corrected chi connectivity index (χ2v) is 5.01. The number of hydrogen-bond donors (Lipinski definition) is 0. The first-order valence-electron chi connectivity index (χ1n) is 7.20. The van der Waals surface area contributed by atoms with Gasteiger partial charge in [0.25, 0.3) is 0 Å². The van der Waals surface area contributed by atoms with E-state index in [0.29, 0.717) is 0 Å². The zero-order valence-electron chi connectivity index (χ0n) is 12.4. The first kappa shape index (κ1) is 15.8. The molecule has 0 N–H and O–H groups in total. The molecule has 22 heavy (non-hydrogen) atoms. The molecule has 0 unspecified atom stereocenters. The normalized spacial score (nSPS) is 9.73. The van der Waals surface area contributed by atoms with Gasteiger partial charge in [0, 0.05) is 11.1 Å². The minimum absolute atomic E-state index is 0.268. The highest BCUT2D eigenvalue weighted by atomic mass is 19.1. The van der Waals surface area contributed by atoms with Gasteiger partial charge in [-0.15, -0.1) is 6.42 Å². The Balaban J connectivity index is 2.18. The summed E-state index contributed by atoms with van der Waals surface area (Å²) in [7, 11) is 0. The molecule has 2 rings (SSSR count). The minimum Gasteiger partial charge on any atom is -0.205 e. The zero-order valence-corrected chi connectivity index (χ0v) is 12.4. The van der Waals surface area contributed by atoms with E-state index in [1.165, 1.54) is 5.56 Å². The summed E-state index contributed by atoms with van der Waals surface area (Å²) in [5.74, 6) is 6.12. The van der Waals surface area contributed by atoms with E-state index in [4.69, 9.17) is 6.42 Å². The zero-order chi connectivity index (χ0) is 15.9. The lowest BCUT2D eigenvalue weighted by atomic mass is 10.1. The molecule has 0 saturated heterocycles. The van der Waals surface area contributed by atoms with E-state index >= 15 is 0 Å². The van der Waals surface area contributed by atoms with E-state index in [2.05, 4.69) is 18.8 Å². The number of halogens is 2. The summed E-state index contributed by atoms with van der Waals surface area (Å²) >= 11 is 0. The first-order valence-corrected chi connectivity index (χ1v) is 7.20. The third-order valence-corrected chi connectivity index (χ3v) is 3.31. The van der Waals surface area contributed by atoms with Crippen LogP contribution in [0.5, 0.6) is 0 Å². The highest BCUT2D eigenvalue weighted by Crippen LogP contribution is 2.14. The van der Waals surface area contributed by atoms with Gasteiger partial charge < -0.3 is 0 Å². The highest BCUT2D eigenvalue weighted by molar-refractivity contribution is 5.47. The first-order chi connectivity index (χ1) is 10.6. The van der Waals surface area contributed by atoms with Crippen LogP contribution in [0, 0.1) is 35.8 Å². The molecule has 0 atom stereocenters. The number of rotatable bonds is 3. The van der Waals surface area contributed by atoms with Crippen LogP contribution >= 0.6 is 0 Å². The van der Waals surface area contributed by atoms with E-state index in [0.717, 1.165) is 37.0 Å². The maximum atomic E-state index is 13.6. The van der Waals surface area contributed by atoms with Crippen molar-refractivity contribution in [1.82, 2.24) is 0 Å². The second kappa shape index (κ2) is 7.43. The van der Waals surface area contributed by atoms with Gasteiger partial charge in [0.15, 0.2) is 0 Å². The number of hydrogen-bond acceptors (Lipinski definition) is 0. The number of aryl methyl sites for hydroxylation is 1. The Bertz CT molecular complexity index is 730. The Hall–Kier alpha value is -2.58. The van der Waals surface area contributed by atoms with Crippen molar-refractivity contribution < 1.29 is 8.78 Å².